The first-order valence-electron chi connectivity index (χ1n) is 7.70. The topological polar surface area (TPSA) is 82.6 Å². The van der Waals surface area contributed by atoms with Gasteiger partial charge in [0.1, 0.15) is 0 Å². The molecule has 0 saturated heterocycles. The zero-order chi connectivity index (χ0) is 16.9. The molecule has 3 amide bonds. The van der Waals surface area contributed by atoms with Gasteiger partial charge in [0.2, 0.25) is 5.91 Å². The molecular weight excluding hydrogens is 304 g/mol. The van der Waals surface area contributed by atoms with Gasteiger partial charge in [-0.15, -0.1) is 0 Å². The average molecular weight is 322 g/mol. The quantitative estimate of drug-likeness (QED) is 0.807. The van der Waals surface area contributed by atoms with Crippen LogP contribution in [0.3, 0.4) is 0 Å². The summed E-state index contributed by atoms with van der Waals surface area (Å²) in [7, 11) is 0. The van der Waals surface area contributed by atoms with E-state index in [-0.39, 0.29) is 18.0 Å². The Morgan fingerprint density at radius 1 is 1.12 bits per heavy atom. The molecule has 0 fully saturated rings. The number of benzene rings is 2. The number of amides is 3. The summed E-state index contributed by atoms with van der Waals surface area (Å²) in [6, 6.07) is 16.5. The van der Waals surface area contributed by atoms with Crippen LogP contribution < -0.4 is 16.1 Å². The van der Waals surface area contributed by atoms with Gasteiger partial charge in [-0.2, -0.15) is 5.10 Å². The second-order valence-electron chi connectivity index (χ2n) is 5.59. The number of hydrazone groups is 1. The van der Waals surface area contributed by atoms with E-state index >= 15 is 0 Å². The van der Waals surface area contributed by atoms with E-state index in [1.165, 1.54) is 0 Å². The van der Waals surface area contributed by atoms with Gasteiger partial charge >= 0.3 is 6.03 Å². The predicted molar refractivity (Wildman–Crippen MR) is 92.9 cm³/mol. The lowest BCUT2D eigenvalue weighted by molar-refractivity contribution is -0.115. The molecule has 0 aliphatic carbocycles. The minimum Gasteiger partial charge on any atom is -0.328 e. The van der Waals surface area contributed by atoms with Gasteiger partial charge in [0.15, 0.2) is 0 Å². The van der Waals surface area contributed by atoms with Crippen LogP contribution in [0.25, 0.3) is 0 Å². The van der Waals surface area contributed by atoms with Crippen molar-refractivity contribution >= 4 is 23.3 Å². The Morgan fingerprint density at radius 2 is 1.83 bits per heavy atom. The van der Waals surface area contributed by atoms with Crippen molar-refractivity contribution in [3.8, 4) is 0 Å². The summed E-state index contributed by atoms with van der Waals surface area (Å²) in [6.45, 7) is 1.87. The Balaban J connectivity index is 1.64. The smallest absolute Gasteiger partial charge is 0.328 e. The predicted octanol–water partition coefficient (Wildman–Crippen LogP) is 2.27. The van der Waals surface area contributed by atoms with Gasteiger partial charge in [-0.1, -0.05) is 42.5 Å². The molecule has 6 nitrogen and oxygen atoms in total. The molecule has 1 atom stereocenters. The lowest BCUT2D eigenvalue weighted by atomic mass is 10.0. The van der Waals surface area contributed by atoms with E-state index in [9.17, 15) is 9.59 Å². The van der Waals surface area contributed by atoms with Crippen LogP contribution in [0.4, 0.5) is 10.5 Å². The highest BCUT2D eigenvalue weighted by molar-refractivity contribution is 6.07. The van der Waals surface area contributed by atoms with Crippen molar-refractivity contribution in [1.82, 2.24) is 10.7 Å². The van der Waals surface area contributed by atoms with Crippen LogP contribution in [0, 0.1) is 0 Å². The maximum absolute atomic E-state index is 12.1. The Bertz CT molecular complexity index is 769. The number of nitrogens with zero attached hydrogens (tertiary/aromatic N) is 1. The van der Waals surface area contributed by atoms with Crippen molar-refractivity contribution < 1.29 is 9.59 Å². The van der Waals surface area contributed by atoms with Crippen LogP contribution in [-0.2, 0) is 11.2 Å². The van der Waals surface area contributed by atoms with E-state index in [4.69, 9.17) is 0 Å². The molecule has 1 aliphatic heterocycles. The normalized spacial score (nSPS) is 16.6. The maximum atomic E-state index is 12.1. The Kier molecular flexibility index (Phi) is 4.56. The van der Waals surface area contributed by atoms with Crippen molar-refractivity contribution in [1.29, 1.82) is 0 Å². The van der Waals surface area contributed by atoms with E-state index in [1.54, 1.807) is 0 Å². The molecule has 3 N–H and O–H groups in total. The third-order valence-electron chi connectivity index (χ3n) is 3.71. The molecule has 2 aromatic carbocycles. The van der Waals surface area contributed by atoms with Crippen LogP contribution in [0.1, 0.15) is 18.1 Å². The third kappa shape index (κ3) is 3.78. The molecule has 3 rings (SSSR count). The zero-order valence-electron chi connectivity index (χ0n) is 13.2. The first kappa shape index (κ1) is 15.7. The van der Waals surface area contributed by atoms with Crippen molar-refractivity contribution in [3.63, 3.8) is 0 Å². The second kappa shape index (κ2) is 6.95. The minimum atomic E-state index is -0.309. The molecular formula is C18H18N4O2. The third-order valence-corrected chi connectivity index (χ3v) is 3.71. The number of carbonyl (C=O) groups excluding carboxylic acids is 2. The SMILES string of the molecule is CC1NC(=O)NN=C1c1ccc(NC(=O)Cc2ccccc2)cc1. The number of nitrogens with one attached hydrogen (secondary N) is 3. The molecule has 0 aromatic heterocycles. The van der Waals surface area contributed by atoms with Gasteiger partial charge in [-0.3, -0.25) is 4.79 Å². The lowest BCUT2D eigenvalue weighted by Gasteiger charge is -2.21. The Morgan fingerprint density at radius 3 is 2.50 bits per heavy atom. The van der Waals surface area contributed by atoms with Crippen LogP contribution in [0.2, 0.25) is 0 Å². The molecule has 2 aromatic rings. The summed E-state index contributed by atoms with van der Waals surface area (Å²) >= 11 is 0. The molecule has 1 unspecified atom stereocenters. The zero-order valence-corrected chi connectivity index (χ0v) is 13.2. The maximum Gasteiger partial charge on any atom is 0.335 e. The van der Waals surface area contributed by atoms with Crippen LogP contribution in [0.5, 0.6) is 0 Å². The molecule has 1 aliphatic rings. The molecule has 0 bridgehead atoms. The fraction of sp³-hybridized carbons (Fsp3) is 0.167. The van der Waals surface area contributed by atoms with Crippen molar-refractivity contribution in [2.45, 2.75) is 19.4 Å². The summed E-state index contributed by atoms with van der Waals surface area (Å²) in [5.74, 6) is -0.0637. The number of anilines is 1. The van der Waals surface area contributed by atoms with Crippen molar-refractivity contribution in [3.05, 3.63) is 65.7 Å². The molecule has 122 valence electrons. The largest absolute Gasteiger partial charge is 0.335 e. The number of carbonyl (C=O) groups is 2. The summed E-state index contributed by atoms with van der Waals surface area (Å²) in [5, 5.41) is 9.70. The summed E-state index contributed by atoms with van der Waals surface area (Å²) in [4.78, 5) is 23.3. The fourth-order valence-corrected chi connectivity index (χ4v) is 2.53. The molecule has 6 heteroatoms. The molecule has 0 radical (unpaired) electrons. The average Bonchev–Trinajstić information content (AvgIpc) is 2.57. The lowest BCUT2D eigenvalue weighted by Crippen LogP contribution is -2.48. The number of hydrogen-bond acceptors (Lipinski definition) is 3. The van der Waals surface area contributed by atoms with Crippen LogP contribution >= 0.6 is 0 Å². The van der Waals surface area contributed by atoms with Gasteiger partial charge in [0, 0.05) is 11.3 Å². The standard InChI is InChI=1S/C18H18N4O2/c1-12-17(21-22-18(24)19-12)14-7-9-15(10-8-14)20-16(23)11-13-5-3-2-4-6-13/h2-10,12H,11H2,1H3,(H,20,23)(H2,19,22,24). The van der Waals surface area contributed by atoms with Gasteiger partial charge in [0.05, 0.1) is 18.2 Å². The summed E-state index contributed by atoms with van der Waals surface area (Å²) in [5.41, 5.74) is 5.73. The minimum absolute atomic E-state index is 0.0637. The second-order valence-corrected chi connectivity index (χ2v) is 5.59. The number of urea groups is 1. The molecule has 0 saturated carbocycles. The highest BCUT2D eigenvalue weighted by Crippen LogP contribution is 2.13. The van der Waals surface area contributed by atoms with Gasteiger partial charge in [-0.25, -0.2) is 10.2 Å². The van der Waals surface area contributed by atoms with E-state index < -0.39 is 0 Å². The first-order valence-corrected chi connectivity index (χ1v) is 7.70. The molecule has 24 heavy (non-hydrogen) atoms. The highest BCUT2D eigenvalue weighted by Gasteiger charge is 2.20. The molecule has 0 spiro atoms. The Labute approximate surface area is 140 Å². The van der Waals surface area contributed by atoms with Crippen molar-refractivity contribution in [2.75, 3.05) is 5.32 Å². The van der Waals surface area contributed by atoms with E-state index in [1.807, 2.05) is 61.5 Å². The summed E-state index contributed by atoms with van der Waals surface area (Å²) < 4.78 is 0. The fourth-order valence-electron chi connectivity index (χ4n) is 2.53. The van der Waals surface area contributed by atoms with Gasteiger partial charge < -0.3 is 10.6 Å². The number of hydrogen-bond donors (Lipinski definition) is 3. The van der Waals surface area contributed by atoms with E-state index in [2.05, 4.69) is 21.2 Å². The van der Waals surface area contributed by atoms with Gasteiger partial charge in [0.25, 0.3) is 0 Å². The van der Waals surface area contributed by atoms with Gasteiger partial charge in [-0.05, 0) is 24.6 Å². The van der Waals surface area contributed by atoms with Crippen molar-refractivity contribution in [2.24, 2.45) is 5.10 Å². The van der Waals surface area contributed by atoms with E-state index in [0.717, 1.165) is 22.5 Å². The Hall–Kier alpha value is -3.15. The number of rotatable bonds is 4. The first-order chi connectivity index (χ1) is 11.6. The van der Waals surface area contributed by atoms with Crippen LogP contribution in [0.15, 0.2) is 59.7 Å². The molecule has 1 heterocycles. The summed E-state index contributed by atoms with van der Waals surface area (Å²) in [6.07, 6.45) is 0.336. The monoisotopic (exact) mass is 322 g/mol. The van der Waals surface area contributed by atoms with E-state index in [0.29, 0.717) is 6.42 Å². The van der Waals surface area contributed by atoms with Crippen LogP contribution in [-0.4, -0.2) is 23.7 Å². The highest BCUT2D eigenvalue weighted by atomic mass is 16.2.